The number of carbonyl (C=O) groups is 4. The molecule has 3 fully saturated rings. The SMILES string of the molecule is C.C.[C-]#[N+]C1=CC2(C)C3=CC(=O)C(C#N)=CC3(C#CCN3CCCC3)CCC2C(C)(C)C1=O.[C-]#[N+]C1=CC2(C)C3=CC(=O)C(C#N)=CC3(C#Cc3ncc[nH]3)CCC2C(C)(C)C1=O. The Morgan fingerprint density at radius 2 is 1.21 bits per heavy atom. The molecule has 63 heavy (non-hydrogen) atoms. The van der Waals surface area contributed by atoms with Crippen molar-refractivity contribution in [2.45, 2.75) is 94.9 Å². The lowest BCUT2D eigenvalue weighted by Crippen LogP contribution is -2.53. The minimum absolute atomic E-state index is 0. The Balaban J connectivity index is 0.000000230. The van der Waals surface area contributed by atoms with E-state index >= 15 is 0 Å². The summed E-state index contributed by atoms with van der Waals surface area (Å²) in [5.74, 6) is 12.5. The van der Waals surface area contributed by atoms with Crippen molar-refractivity contribution in [1.29, 1.82) is 10.5 Å². The van der Waals surface area contributed by atoms with Gasteiger partial charge in [0.2, 0.25) is 11.4 Å². The summed E-state index contributed by atoms with van der Waals surface area (Å²) in [5.41, 5.74) is -2.37. The van der Waals surface area contributed by atoms with Gasteiger partial charge in [0.1, 0.15) is 12.1 Å². The van der Waals surface area contributed by atoms with Crippen LogP contribution in [0, 0.1) is 104 Å². The Bertz CT molecular complexity index is 2670. The van der Waals surface area contributed by atoms with Gasteiger partial charge in [-0.1, -0.05) is 86.3 Å². The smallest absolute Gasteiger partial charge is 0.226 e. The maximum atomic E-state index is 12.9. The topological polar surface area (TPSA) is 156 Å². The zero-order valence-corrected chi connectivity index (χ0v) is 35.5. The number of nitrogens with zero attached hydrogens (tertiary/aromatic N) is 6. The zero-order valence-electron chi connectivity index (χ0n) is 35.5. The van der Waals surface area contributed by atoms with Crippen LogP contribution in [0.2, 0.25) is 0 Å². The molecule has 2 saturated carbocycles. The summed E-state index contributed by atoms with van der Waals surface area (Å²) in [6.45, 7) is 29.4. The molecule has 11 nitrogen and oxygen atoms in total. The first-order valence-corrected chi connectivity index (χ1v) is 20.7. The molecule has 6 atom stereocenters. The van der Waals surface area contributed by atoms with Crippen LogP contribution in [0.25, 0.3) is 9.69 Å². The molecule has 0 spiro atoms. The number of ketones is 4. The van der Waals surface area contributed by atoms with Gasteiger partial charge in [0, 0.05) is 34.1 Å². The highest BCUT2D eigenvalue weighted by Crippen LogP contribution is 2.65. The van der Waals surface area contributed by atoms with E-state index in [1.807, 2.05) is 53.7 Å². The number of imidazole rings is 1. The van der Waals surface area contributed by atoms with Crippen molar-refractivity contribution in [1.82, 2.24) is 14.9 Å². The second kappa shape index (κ2) is 16.9. The molecule has 6 aliphatic carbocycles. The molecule has 0 aromatic carbocycles. The van der Waals surface area contributed by atoms with Crippen molar-refractivity contribution in [2.24, 2.45) is 44.3 Å². The number of aromatic amines is 1. The van der Waals surface area contributed by atoms with E-state index in [-0.39, 0.29) is 72.4 Å². The normalized spacial score (nSPS) is 31.8. The van der Waals surface area contributed by atoms with Gasteiger partial charge in [-0.15, -0.1) is 0 Å². The molecule has 7 aliphatic rings. The summed E-state index contributed by atoms with van der Waals surface area (Å²) in [5, 5.41) is 19.0. The summed E-state index contributed by atoms with van der Waals surface area (Å²) in [7, 11) is 0. The molecule has 1 saturated heterocycles. The standard InChI is InChI=1S/C26H27N3O2.C24H20N4O2.2CH4/c1-24(2)21-8-10-26(9-7-13-29-11-5-6-12-29)15-18(17-27)20(30)14-22(26)25(21,3)16-19(28-4)23(24)31;1-22(2)18-5-7-24(8-6-20-27-9-10-28-20)12-15(14-25)17(29)11-19(24)23(18,3)13-16(26-4)21(22)30;;/h14-16,21H,5-6,8,10-13H2,1-3H3;9-13,18H,5,7H2,1-3H3,(H,27,28);2*1H4. The third-order valence-corrected chi connectivity index (χ3v) is 14.5. The second-order valence-electron chi connectivity index (χ2n) is 18.7. The molecule has 11 heteroatoms. The number of rotatable bonds is 1. The monoisotopic (exact) mass is 841 g/mol. The number of H-pyrrole nitrogens is 1. The van der Waals surface area contributed by atoms with Crippen LogP contribution in [0.3, 0.4) is 0 Å². The van der Waals surface area contributed by atoms with Crippen LogP contribution in [0.15, 0.2) is 82.5 Å². The maximum absolute atomic E-state index is 12.9. The lowest BCUT2D eigenvalue weighted by molar-refractivity contribution is -0.130. The number of fused-ring (bicyclic) bond motifs is 6. The number of allylic oxidation sites excluding steroid dienone is 12. The number of hydrogen-bond acceptors (Lipinski definition) is 8. The molecule has 8 rings (SSSR count). The summed E-state index contributed by atoms with van der Waals surface area (Å²) >= 11 is 0. The summed E-state index contributed by atoms with van der Waals surface area (Å²) < 4.78 is 0. The minimum atomic E-state index is -0.836. The third-order valence-electron chi connectivity index (χ3n) is 14.5. The van der Waals surface area contributed by atoms with Crippen LogP contribution in [0.5, 0.6) is 0 Å². The highest BCUT2D eigenvalue weighted by atomic mass is 16.1. The highest BCUT2D eigenvalue weighted by molar-refractivity contribution is 6.10. The predicted octanol–water partition coefficient (Wildman–Crippen LogP) is 8.67. The van der Waals surface area contributed by atoms with Crippen LogP contribution >= 0.6 is 0 Å². The fourth-order valence-electron chi connectivity index (χ4n) is 11.6. The van der Waals surface area contributed by atoms with Gasteiger partial charge in [-0.3, -0.25) is 14.5 Å². The van der Waals surface area contributed by atoms with Crippen LogP contribution in [0.4, 0.5) is 0 Å². The Morgan fingerprint density at radius 1 is 0.746 bits per heavy atom. The van der Waals surface area contributed by atoms with Gasteiger partial charge in [-0.05, 0) is 105 Å². The second-order valence-corrected chi connectivity index (χ2v) is 18.7. The van der Waals surface area contributed by atoms with E-state index in [4.69, 9.17) is 13.1 Å². The van der Waals surface area contributed by atoms with Gasteiger partial charge in [-0.2, -0.15) is 10.5 Å². The van der Waals surface area contributed by atoms with E-state index in [1.165, 1.54) is 18.9 Å². The number of likely N-dealkylation sites (tertiary alicyclic amines) is 1. The Labute approximate surface area is 372 Å². The Kier molecular flexibility index (Phi) is 12.7. The van der Waals surface area contributed by atoms with Gasteiger partial charge >= 0.3 is 0 Å². The van der Waals surface area contributed by atoms with Crippen LogP contribution in [-0.4, -0.2) is 57.6 Å². The molecule has 2 heterocycles. The molecule has 6 unspecified atom stereocenters. The molecule has 1 N–H and O–H groups in total. The van der Waals surface area contributed by atoms with Crippen molar-refractivity contribution in [3.8, 4) is 35.8 Å². The highest BCUT2D eigenvalue weighted by Gasteiger charge is 2.61. The molecule has 0 amide bonds. The zero-order chi connectivity index (χ0) is 44.2. The summed E-state index contributed by atoms with van der Waals surface area (Å²) in [4.78, 5) is 67.7. The molecule has 1 aromatic heterocycles. The minimum Gasteiger partial charge on any atom is -0.338 e. The van der Waals surface area contributed by atoms with Gasteiger partial charge in [-0.25, -0.2) is 14.7 Å². The largest absolute Gasteiger partial charge is 0.338 e. The van der Waals surface area contributed by atoms with Crippen molar-refractivity contribution >= 4 is 23.1 Å². The fourth-order valence-corrected chi connectivity index (χ4v) is 11.6. The van der Waals surface area contributed by atoms with Gasteiger partial charge in [0.25, 0.3) is 0 Å². The lowest BCUT2D eigenvalue weighted by Gasteiger charge is -2.56. The first-order chi connectivity index (χ1) is 28.9. The number of nitrogens with one attached hydrogen (secondary N) is 1. The first kappa shape index (κ1) is 47.4. The van der Waals surface area contributed by atoms with E-state index in [1.54, 1.807) is 42.8 Å². The maximum Gasteiger partial charge on any atom is 0.226 e. The van der Waals surface area contributed by atoms with Crippen molar-refractivity contribution < 1.29 is 19.2 Å². The Hall–Kier alpha value is -6.63. The van der Waals surface area contributed by atoms with Gasteiger partial charge in [0.05, 0.1) is 41.7 Å². The molecule has 1 aromatic rings. The number of aromatic nitrogens is 2. The van der Waals surface area contributed by atoms with E-state index in [2.05, 4.69) is 48.2 Å². The fraction of sp³-hybridized carbons (Fsp3) is 0.481. The predicted molar refractivity (Wildman–Crippen MR) is 239 cm³/mol. The van der Waals surface area contributed by atoms with Crippen molar-refractivity contribution in [3.63, 3.8) is 0 Å². The quantitative estimate of drug-likeness (QED) is 0.218. The summed E-state index contributed by atoms with van der Waals surface area (Å²) in [6.07, 6.45) is 18.3. The molecule has 322 valence electrons. The average Bonchev–Trinajstić information content (AvgIpc) is 3.96. The van der Waals surface area contributed by atoms with Crippen LogP contribution in [-0.2, 0) is 19.2 Å². The molecule has 0 bridgehead atoms. The Morgan fingerprint density at radius 3 is 1.62 bits per heavy atom. The van der Waals surface area contributed by atoms with Crippen molar-refractivity contribution in [2.75, 3.05) is 19.6 Å². The molecule has 0 radical (unpaired) electrons. The number of carbonyl (C=O) groups excluding carboxylic acids is 4. The van der Waals surface area contributed by atoms with Gasteiger partial charge in [0.15, 0.2) is 29.0 Å². The van der Waals surface area contributed by atoms with E-state index in [9.17, 15) is 29.7 Å². The summed E-state index contributed by atoms with van der Waals surface area (Å²) in [6, 6.07) is 4.03. The first-order valence-electron chi connectivity index (χ1n) is 20.7. The molecular weight excluding hydrogens is 787 g/mol. The number of hydrogen-bond donors (Lipinski definition) is 1. The average molecular weight is 842 g/mol. The van der Waals surface area contributed by atoms with Crippen molar-refractivity contribution in [3.05, 3.63) is 111 Å². The lowest BCUT2D eigenvalue weighted by atomic mass is 9.46. The number of nitriles is 2. The third kappa shape index (κ3) is 7.57. The van der Waals surface area contributed by atoms with Crippen LogP contribution in [0.1, 0.15) is 101 Å². The number of Topliss-reactive ketones (excluding diaryl/α,β-unsaturated/α-hetero) is 2. The molecular formula is C52H55N7O4. The van der Waals surface area contributed by atoms with E-state index in [0.717, 1.165) is 30.7 Å². The van der Waals surface area contributed by atoms with Gasteiger partial charge < -0.3 is 14.6 Å². The molecule has 1 aliphatic heterocycles. The van der Waals surface area contributed by atoms with E-state index < -0.39 is 32.5 Å². The van der Waals surface area contributed by atoms with Crippen LogP contribution < -0.4 is 0 Å². The van der Waals surface area contributed by atoms with E-state index in [0.29, 0.717) is 31.6 Å².